The van der Waals surface area contributed by atoms with Crippen LogP contribution in [-0.2, 0) is 6.54 Å². The van der Waals surface area contributed by atoms with E-state index >= 15 is 0 Å². The van der Waals surface area contributed by atoms with Crippen molar-refractivity contribution in [2.24, 2.45) is 5.73 Å². The minimum atomic E-state index is 0.354. The second kappa shape index (κ2) is 5.51. The Morgan fingerprint density at radius 1 is 1.05 bits per heavy atom. The third-order valence-electron chi connectivity index (χ3n) is 3.90. The second-order valence-electron chi connectivity index (χ2n) is 5.37. The molecule has 0 fully saturated rings. The number of fused-ring (bicyclic) bond motifs is 1. The molecule has 1 atom stereocenters. The Bertz CT molecular complexity index is 698. The molecule has 1 aromatic heterocycles. The molecule has 102 valence electrons. The van der Waals surface area contributed by atoms with E-state index in [1.165, 1.54) is 22.0 Å². The van der Waals surface area contributed by atoms with Crippen LogP contribution >= 0.6 is 0 Å². The van der Waals surface area contributed by atoms with Gasteiger partial charge < -0.3 is 10.3 Å². The summed E-state index contributed by atoms with van der Waals surface area (Å²) in [6.07, 6.45) is 2.16. The maximum absolute atomic E-state index is 5.98. The Morgan fingerprint density at radius 2 is 1.85 bits per heavy atom. The number of rotatable bonds is 4. The molecule has 0 saturated carbocycles. The van der Waals surface area contributed by atoms with Gasteiger partial charge in [0.2, 0.25) is 0 Å². The Labute approximate surface area is 119 Å². The fourth-order valence-corrected chi connectivity index (χ4v) is 2.73. The van der Waals surface area contributed by atoms with E-state index in [-0.39, 0.29) is 0 Å². The normalized spacial score (nSPS) is 12.7. The molecule has 2 N–H and O–H groups in total. The van der Waals surface area contributed by atoms with Crippen molar-refractivity contribution in [2.45, 2.75) is 19.4 Å². The minimum Gasteiger partial charge on any atom is -0.347 e. The first-order chi connectivity index (χ1) is 9.78. The molecule has 1 unspecified atom stereocenters. The lowest BCUT2D eigenvalue weighted by atomic mass is 9.99. The average Bonchev–Trinajstić information content (AvgIpc) is 2.88. The molecule has 0 aliphatic heterocycles. The topological polar surface area (TPSA) is 30.9 Å². The molecule has 20 heavy (non-hydrogen) atoms. The van der Waals surface area contributed by atoms with Gasteiger partial charge in [-0.25, -0.2) is 0 Å². The molecule has 0 radical (unpaired) electrons. The lowest BCUT2D eigenvalue weighted by Crippen LogP contribution is -2.18. The molecule has 1 heterocycles. The monoisotopic (exact) mass is 264 g/mol. The first kappa shape index (κ1) is 12.9. The summed E-state index contributed by atoms with van der Waals surface area (Å²) in [4.78, 5) is 0. The van der Waals surface area contributed by atoms with Crippen LogP contribution in [0.25, 0.3) is 10.9 Å². The summed E-state index contributed by atoms with van der Waals surface area (Å²) >= 11 is 0. The van der Waals surface area contributed by atoms with Crippen LogP contribution < -0.4 is 5.73 Å². The molecule has 3 aromatic rings. The first-order valence-electron chi connectivity index (χ1n) is 7.08. The zero-order valence-electron chi connectivity index (χ0n) is 11.8. The van der Waals surface area contributed by atoms with Crippen molar-refractivity contribution in [1.29, 1.82) is 0 Å². The maximum atomic E-state index is 5.98. The van der Waals surface area contributed by atoms with Crippen LogP contribution in [0.4, 0.5) is 0 Å². The van der Waals surface area contributed by atoms with Gasteiger partial charge >= 0.3 is 0 Å². The fraction of sp³-hybridized carbons (Fsp3) is 0.222. The fourth-order valence-electron chi connectivity index (χ4n) is 2.73. The zero-order chi connectivity index (χ0) is 13.9. The Morgan fingerprint density at radius 3 is 2.60 bits per heavy atom. The van der Waals surface area contributed by atoms with Gasteiger partial charge in [-0.05, 0) is 35.6 Å². The van der Waals surface area contributed by atoms with Crippen molar-refractivity contribution in [2.75, 3.05) is 6.54 Å². The largest absolute Gasteiger partial charge is 0.347 e. The lowest BCUT2D eigenvalue weighted by Gasteiger charge is -2.17. The molecule has 0 spiro atoms. The number of aryl methyl sites for hydroxylation is 1. The van der Waals surface area contributed by atoms with Crippen LogP contribution in [0.1, 0.15) is 17.0 Å². The summed E-state index contributed by atoms with van der Waals surface area (Å²) in [5.74, 6) is 0.354. The maximum Gasteiger partial charge on any atom is 0.0483 e. The number of aromatic nitrogens is 1. The van der Waals surface area contributed by atoms with E-state index in [0.29, 0.717) is 12.5 Å². The summed E-state index contributed by atoms with van der Waals surface area (Å²) in [5, 5.41) is 1.29. The third-order valence-corrected chi connectivity index (χ3v) is 3.90. The lowest BCUT2D eigenvalue weighted by molar-refractivity contribution is 0.580. The van der Waals surface area contributed by atoms with Crippen molar-refractivity contribution in [3.8, 4) is 0 Å². The molecule has 0 amide bonds. The van der Waals surface area contributed by atoms with Gasteiger partial charge in [-0.3, -0.25) is 0 Å². The van der Waals surface area contributed by atoms with Crippen LogP contribution in [-0.4, -0.2) is 11.1 Å². The van der Waals surface area contributed by atoms with Crippen LogP contribution in [0.2, 0.25) is 0 Å². The quantitative estimate of drug-likeness (QED) is 0.765. The summed E-state index contributed by atoms with van der Waals surface area (Å²) in [7, 11) is 0. The number of hydrogen-bond acceptors (Lipinski definition) is 1. The van der Waals surface area contributed by atoms with Crippen LogP contribution in [0.5, 0.6) is 0 Å². The van der Waals surface area contributed by atoms with E-state index in [9.17, 15) is 0 Å². The number of nitrogens with zero attached hydrogens (tertiary/aromatic N) is 1. The van der Waals surface area contributed by atoms with Gasteiger partial charge in [0.1, 0.15) is 0 Å². The van der Waals surface area contributed by atoms with Gasteiger partial charge in [0.25, 0.3) is 0 Å². The van der Waals surface area contributed by atoms with Gasteiger partial charge in [0, 0.05) is 30.7 Å². The van der Waals surface area contributed by atoms with Gasteiger partial charge in [0.15, 0.2) is 0 Å². The highest BCUT2D eigenvalue weighted by atomic mass is 15.0. The highest BCUT2D eigenvalue weighted by Crippen LogP contribution is 2.22. The van der Waals surface area contributed by atoms with E-state index in [1.54, 1.807) is 0 Å². The first-order valence-corrected chi connectivity index (χ1v) is 7.08. The molecule has 3 rings (SSSR count). The van der Waals surface area contributed by atoms with Crippen LogP contribution in [0.3, 0.4) is 0 Å². The SMILES string of the molecule is Cc1ccc2ccn(CC(CN)c3ccccc3)c2c1. The Balaban J connectivity index is 1.93. The van der Waals surface area contributed by atoms with Crippen molar-refractivity contribution >= 4 is 10.9 Å². The van der Waals surface area contributed by atoms with Crippen molar-refractivity contribution < 1.29 is 0 Å². The predicted molar refractivity (Wildman–Crippen MR) is 84.9 cm³/mol. The smallest absolute Gasteiger partial charge is 0.0483 e. The second-order valence-corrected chi connectivity index (χ2v) is 5.37. The number of benzene rings is 2. The molecule has 2 nitrogen and oxygen atoms in total. The summed E-state index contributed by atoms with van der Waals surface area (Å²) < 4.78 is 2.31. The van der Waals surface area contributed by atoms with E-state index in [0.717, 1.165) is 6.54 Å². The number of nitrogens with two attached hydrogens (primary N) is 1. The van der Waals surface area contributed by atoms with Gasteiger partial charge in [-0.15, -0.1) is 0 Å². The Hall–Kier alpha value is -2.06. The summed E-state index contributed by atoms with van der Waals surface area (Å²) in [6, 6.07) is 19.3. The molecule has 0 bridgehead atoms. The highest BCUT2D eigenvalue weighted by Gasteiger charge is 2.11. The molecular weight excluding hydrogens is 244 g/mol. The molecule has 2 heteroatoms. The van der Waals surface area contributed by atoms with Crippen LogP contribution in [0.15, 0.2) is 60.8 Å². The van der Waals surface area contributed by atoms with Gasteiger partial charge in [-0.2, -0.15) is 0 Å². The van der Waals surface area contributed by atoms with Gasteiger partial charge in [-0.1, -0.05) is 42.5 Å². The minimum absolute atomic E-state index is 0.354. The van der Waals surface area contributed by atoms with Crippen molar-refractivity contribution in [1.82, 2.24) is 4.57 Å². The van der Waals surface area contributed by atoms with Crippen molar-refractivity contribution in [3.63, 3.8) is 0 Å². The van der Waals surface area contributed by atoms with Gasteiger partial charge in [0.05, 0.1) is 0 Å². The highest BCUT2D eigenvalue weighted by molar-refractivity contribution is 5.80. The Kier molecular flexibility index (Phi) is 3.57. The standard InChI is InChI=1S/C18H20N2/c1-14-7-8-16-9-10-20(18(16)11-14)13-17(12-19)15-5-3-2-4-6-15/h2-11,17H,12-13,19H2,1H3. The van der Waals surface area contributed by atoms with Crippen molar-refractivity contribution in [3.05, 3.63) is 71.9 Å². The number of hydrogen-bond donors (Lipinski definition) is 1. The average molecular weight is 264 g/mol. The molecule has 2 aromatic carbocycles. The molecule has 0 aliphatic rings. The van der Waals surface area contributed by atoms with E-state index in [4.69, 9.17) is 5.73 Å². The van der Waals surface area contributed by atoms with E-state index in [1.807, 2.05) is 6.07 Å². The molecule has 0 aliphatic carbocycles. The van der Waals surface area contributed by atoms with E-state index in [2.05, 4.69) is 66.2 Å². The van der Waals surface area contributed by atoms with Crippen LogP contribution in [0, 0.1) is 6.92 Å². The predicted octanol–water partition coefficient (Wildman–Crippen LogP) is 3.69. The molecule has 0 saturated heterocycles. The summed E-state index contributed by atoms with van der Waals surface area (Å²) in [5.41, 5.74) is 9.88. The zero-order valence-corrected chi connectivity index (χ0v) is 11.8. The summed E-state index contributed by atoms with van der Waals surface area (Å²) in [6.45, 7) is 3.72. The molecular formula is C18H20N2. The third kappa shape index (κ3) is 2.47. The van der Waals surface area contributed by atoms with E-state index < -0.39 is 0 Å².